The number of halogens is 1. The third-order valence-electron chi connectivity index (χ3n) is 4.59. The highest BCUT2D eigenvalue weighted by molar-refractivity contribution is 6.01. The van der Waals surface area contributed by atoms with Crippen molar-refractivity contribution in [3.05, 3.63) is 52.6 Å². The van der Waals surface area contributed by atoms with E-state index >= 15 is 0 Å². The van der Waals surface area contributed by atoms with Gasteiger partial charge in [-0.25, -0.2) is 9.07 Å². The Labute approximate surface area is 157 Å². The second kappa shape index (κ2) is 8.14. The quantitative estimate of drug-likeness (QED) is 0.650. The molecule has 1 fully saturated rings. The van der Waals surface area contributed by atoms with Gasteiger partial charge in [-0.15, -0.1) is 0 Å². The fourth-order valence-electron chi connectivity index (χ4n) is 3.10. The molecule has 1 aromatic heterocycles. The van der Waals surface area contributed by atoms with Crippen LogP contribution in [0.1, 0.15) is 29.8 Å². The Morgan fingerprint density at radius 3 is 2.81 bits per heavy atom. The first-order chi connectivity index (χ1) is 13.0. The maximum absolute atomic E-state index is 13.2. The summed E-state index contributed by atoms with van der Waals surface area (Å²) < 4.78 is 20.3. The highest BCUT2D eigenvalue weighted by atomic mass is 19.1. The van der Waals surface area contributed by atoms with E-state index in [0.29, 0.717) is 30.1 Å². The summed E-state index contributed by atoms with van der Waals surface area (Å²) in [5, 5.41) is 16.6. The van der Waals surface area contributed by atoms with Gasteiger partial charge in [0.2, 0.25) is 0 Å². The minimum absolute atomic E-state index is 0.0119. The highest BCUT2D eigenvalue weighted by Gasteiger charge is 2.19. The molecule has 140 valence electrons. The van der Waals surface area contributed by atoms with Gasteiger partial charge in [0.05, 0.1) is 17.5 Å². The molecule has 2 aromatic rings. The van der Waals surface area contributed by atoms with Gasteiger partial charge < -0.3 is 10.1 Å². The summed E-state index contributed by atoms with van der Waals surface area (Å²) in [6.07, 6.45) is 3.46. The van der Waals surface area contributed by atoms with Gasteiger partial charge >= 0.3 is 0 Å². The second-order valence-corrected chi connectivity index (χ2v) is 6.49. The topological polar surface area (TPSA) is 79.9 Å². The number of ether oxygens (including phenoxy) is 1. The summed E-state index contributed by atoms with van der Waals surface area (Å²) in [6, 6.07) is 7.94. The van der Waals surface area contributed by atoms with E-state index in [1.807, 2.05) is 13.0 Å². The zero-order valence-corrected chi connectivity index (χ0v) is 15.3. The van der Waals surface area contributed by atoms with Gasteiger partial charge in [0, 0.05) is 24.4 Å². The Balaban J connectivity index is 1.82. The first kappa shape index (κ1) is 18.8. The lowest BCUT2D eigenvalue weighted by Gasteiger charge is -2.10. The van der Waals surface area contributed by atoms with Gasteiger partial charge in [-0.05, 0) is 57.0 Å². The van der Waals surface area contributed by atoms with E-state index in [9.17, 15) is 14.4 Å². The maximum Gasteiger partial charge on any atom is 0.262 e. The molecule has 0 aliphatic carbocycles. The molecule has 0 saturated carbocycles. The fourth-order valence-corrected chi connectivity index (χ4v) is 3.10. The van der Waals surface area contributed by atoms with Crippen molar-refractivity contribution in [2.75, 3.05) is 13.2 Å². The summed E-state index contributed by atoms with van der Waals surface area (Å²) in [7, 11) is 0. The molecule has 1 aliphatic rings. The van der Waals surface area contributed by atoms with Gasteiger partial charge in [-0.2, -0.15) is 10.4 Å². The van der Waals surface area contributed by atoms with Crippen LogP contribution in [-0.2, 0) is 9.53 Å². The number of nitrogens with one attached hydrogen (secondary N) is 1. The molecule has 1 aromatic carbocycles. The Morgan fingerprint density at radius 2 is 2.19 bits per heavy atom. The lowest BCUT2D eigenvalue weighted by atomic mass is 10.1. The summed E-state index contributed by atoms with van der Waals surface area (Å²) in [6.45, 7) is 4.75. The second-order valence-electron chi connectivity index (χ2n) is 6.49. The number of benzene rings is 1. The van der Waals surface area contributed by atoms with Crippen molar-refractivity contribution in [3.63, 3.8) is 0 Å². The third kappa shape index (κ3) is 4.23. The van der Waals surface area contributed by atoms with Crippen LogP contribution in [0.15, 0.2) is 29.8 Å². The normalized spacial score (nSPS) is 17.0. The number of hydrogen-bond acceptors (Lipinski definition) is 4. The van der Waals surface area contributed by atoms with Crippen molar-refractivity contribution in [3.8, 4) is 11.8 Å². The lowest BCUT2D eigenvalue weighted by molar-refractivity contribution is -0.117. The number of nitrogens with zero attached hydrogens (tertiary/aromatic N) is 3. The van der Waals surface area contributed by atoms with Crippen molar-refractivity contribution in [1.82, 2.24) is 15.1 Å². The monoisotopic (exact) mass is 368 g/mol. The van der Waals surface area contributed by atoms with Gasteiger partial charge in [-0.3, -0.25) is 4.79 Å². The molecule has 1 N–H and O–H groups in total. The Bertz CT molecular complexity index is 903. The van der Waals surface area contributed by atoms with Gasteiger partial charge in [0.25, 0.3) is 5.91 Å². The van der Waals surface area contributed by atoms with Gasteiger partial charge in [0.1, 0.15) is 17.5 Å². The molecule has 1 aliphatic heterocycles. The van der Waals surface area contributed by atoms with Crippen molar-refractivity contribution in [2.24, 2.45) is 0 Å². The zero-order chi connectivity index (χ0) is 19.4. The summed E-state index contributed by atoms with van der Waals surface area (Å²) in [5.41, 5.74) is 2.86. The van der Waals surface area contributed by atoms with Crippen LogP contribution in [0, 0.1) is 31.0 Å². The summed E-state index contributed by atoms with van der Waals surface area (Å²) in [4.78, 5) is 12.3. The number of carbonyl (C=O) groups is 1. The van der Waals surface area contributed by atoms with Gasteiger partial charge in [0.15, 0.2) is 0 Å². The van der Waals surface area contributed by atoms with Crippen LogP contribution in [-0.4, -0.2) is 34.9 Å². The fraction of sp³-hybridized carbons (Fsp3) is 0.350. The zero-order valence-electron chi connectivity index (χ0n) is 15.3. The molecule has 1 saturated heterocycles. The van der Waals surface area contributed by atoms with E-state index in [1.54, 1.807) is 29.8 Å². The molecule has 0 unspecified atom stereocenters. The average Bonchev–Trinajstić information content (AvgIpc) is 3.27. The minimum atomic E-state index is -0.429. The average molecular weight is 368 g/mol. The molecule has 3 rings (SSSR count). The maximum atomic E-state index is 13.2. The number of amides is 1. The molecule has 0 spiro atoms. The predicted molar refractivity (Wildman–Crippen MR) is 98.6 cm³/mol. The van der Waals surface area contributed by atoms with E-state index in [2.05, 4.69) is 10.4 Å². The Morgan fingerprint density at radius 1 is 1.44 bits per heavy atom. The van der Waals surface area contributed by atoms with Crippen LogP contribution in [0.4, 0.5) is 4.39 Å². The van der Waals surface area contributed by atoms with Crippen LogP contribution in [0.3, 0.4) is 0 Å². The number of hydrogen-bond donors (Lipinski definition) is 1. The number of carbonyl (C=O) groups excluding carboxylic acids is 1. The van der Waals surface area contributed by atoms with Crippen molar-refractivity contribution in [1.29, 1.82) is 5.26 Å². The van der Waals surface area contributed by atoms with Gasteiger partial charge in [-0.1, -0.05) is 0 Å². The van der Waals surface area contributed by atoms with E-state index in [0.717, 1.165) is 18.5 Å². The molecule has 7 heteroatoms. The molecule has 1 amide bonds. The largest absolute Gasteiger partial charge is 0.376 e. The predicted octanol–water partition coefficient (Wildman–Crippen LogP) is 2.83. The third-order valence-corrected chi connectivity index (χ3v) is 4.59. The molecular weight excluding hydrogens is 347 g/mol. The van der Waals surface area contributed by atoms with E-state index in [-0.39, 0.29) is 17.5 Å². The number of aryl methyl sites for hydroxylation is 1. The molecule has 6 nitrogen and oxygen atoms in total. The molecule has 0 radical (unpaired) electrons. The summed E-state index contributed by atoms with van der Waals surface area (Å²) >= 11 is 0. The number of aromatic nitrogens is 2. The van der Waals surface area contributed by atoms with E-state index in [4.69, 9.17) is 4.74 Å². The summed E-state index contributed by atoms with van der Waals surface area (Å²) in [5.74, 6) is -0.753. The minimum Gasteiger partial charge on any atom is -0.376 e. The van der Waals surface area contributed by atoms with Crippen molar-refractivity contribution < 1.29 is 13.9 Å². The van der Waals surface area contributed by atoms with Crippen LogP contribution in [0.2, 0.25) is 0 Å². The Hall–Kier alpha value is -2.98. The standard InChI is InChI=1S/C20H21FN4O2/c1-13-19(14(2)25(24-13)17-7-5-16(21)6-8-17)10-15(11-22)20(26)23-12-18-4-3-9-27-18/h5-8,10,18H,3-4,9,12H2,1-2H3,(H,23,26)/b15-10+/t18-/m0/s1. The Kier molecular flexibility index (Phi) is 5.67. The van der Waals surface area contributed by atoms with Crippen LogP contribution < -0.4 is 5.32 Å². The molecule has 0 bridgehead atoms. The van der Waals surface area contributed by atoms with Crippen molar-refractivity contribution >= 4 is 12.0 Å². The van der Waals surface area contributed by atoms with Crippen LogP contribution in [0.25, 0.3) is 11.8 Å². The first-order valence-electron chi connectivity index (χ1n) is 8.83. The molecule has 1 atom stereocenters. The SMILES string of the molecule is Cc1nn(-c2ccc(F)cc2)c(C)c1/C=C(\C#N)C(=O)NC[C@@H]1CCCO1. The van der Waals surface area contributed by atoms with Crippen molar-refractivity contribution in [2.45, 2.75) is 32.8 Å². The number of nitriles is 1. The molecular formula is C20H21FN4O2. The number of rotatable bonds is 5. The van der Waals surface area contributed by atoms with Crippen LogP contribution in [0.5, 0.6) is 0 Å². The molecule has 27 heavy (non-hydrogen) atoms. The lowest BCUT2D eigenvalue weighted by Crippen LogP contribution is -2.32. The van der Waals surface area contributed by atoms with E-state index < -0.39 is 5.91 Å². The molecule has 2 heterocycles. The van der Waals surface area contributed by atoms with Crippen LogP contribution >= 0.6 is 0 Å². The smallest absolute Gasteiger partial charge is 0.262 e. The van der Waals surface area contributed by atoms with E-state index in [1.165, 1.54) is 12.1 Å². The first-order valence-corrected chi connectivity index (χ1v) is 8.83. The highest BCUT2D eigenvalue weighted by Crippen LogP contribution is 2.21.